The standard InChI is InChI=1S/C18H13.Zr/c1-2-7-13(6-1)15-10-5-11-17-16-9-4-3-8-14(16)12-18(15)17;/h1-13H;/q-1;. The minimum atomic E-state index is 0. The Morgan fingerprint density at radius 3 is 2.37 bits per heavy atom. The van der Waals surface area contributed by atoms with Gasteiger partial charge in [-0.25, -0.2) is 0 Å². The van der Waals surface area contributed by atoms with Crippen molar-refractivity contribution < 1.29 is 26.2 Å². The summed E-state index contributed by atoms with van der Waals surface area (Å²) < 4.78 is 0. The van der Waals surface area contributed by atoms with Gasteiger partial charge in [0.1, 0.15) is 0 Å². The molecule has 0 spiro atoms. The number of benzene rings is 2. The molecule has 0 unspecified atom stereocenters. The van der Waals surface area contributed by atoms with E-state index in [1.54, 1.807) is 0 Å². The molecule has 3 aromatic rings. The van der Waals surface area contributed by atoms with Gasteiger partial charge in [-0.1, -0.05) is 66.3 Å². The minimum Gasteiger partial charge on any atom is -0.126 e. The monoisotopic (exact) mass is 319 g/mol. The third-order valence-corrected chi connectivity index (χ3v) is 3.80. The van der Waals surface area contributed by atoms with E-state index < -0.39 is 0 Å². The fraction of sp³-hybridized carbons (Fsp3) is 0.0556. The second-order valence-electron chi connectivity index (χ2n) is 4.84. The molecular weight excluding hydrogens is 307 g/mol. The third kappa shape index (κ3) is 1.97. The number of hydrogen-bond acceptors (Lipinski definition) is 0. The molecule has 1 aliphatic rings. The molecule has 0 bridgehead atoms. The number of allylic oxidation sites excluding steroid dienone is 4. The van der Waals surface area contributed by atoms with Gasteiger partial charge in [0, 0.05) is 26.2 Å². The summed E-state index contributed by atoms with van der Waals surface area (Å²) in [6, 6.07) is 17.6. The summed E-state index contributed by atoms with van der Waals surface area (Å²) in [6.07, 6.45) is 8.77. The van der Waals surface area contributed by atoms with Gasteiger partial charge >= 0.3 is 0 Å². The Morgan fingerprint density at radius 1 is 0.789 bits per heavy atom. The van der Waals surface area contributed by atoms with Gasteiger partial charge in [0.05, 0.1) is 0 Å². The van der Waals surface area contributed by atoms with Crippen LogP contribution in [0, 0.1) is 0 Å². The maximum absolute atomic E-state index is 2.32. The zero-order valence-electron chi connectivity index (χ0n) is 10.5. The molecule has 0 heterocycles. The van der Waals surface area contributed by atoms with Crippen LogP contribution in [0.25, 0.3) is 21.5 Å². The van der Waals surface area contributed by atoms with Crippen LogP contribution in [0.3, 0.4) is 0 Å². The van der Waals surface area contributed by atoms with Crippen molar-refractivity contribution in [2.45, 2.75) is 5.92 Å². The average Bonchev–Trinajstić information content (AvgIpc) is 3.05. The van der Waals surface area contributed by atoms with E-state index in [1.807, 2.05) is 0 Å². The second-order valence-corrected chi connectivity index (χ2v) is 4.84. The van der Waals surface area contributed by atoms with Crippen molar-refractivity contribution in [2.75, 3.05) is 0 Å². The van der Waals surface area contributed by atoms with E-state index in [4.69, 9.17) is 0 Å². The minimum absolute atomic E-state index is 0. The molecule has 90 valence electrons. The molecule has 0 amide bonds. The summed E-state index contributed by atoms with van der Waals surface area (Å²) in [5.74, 6) is 0.436. The van der Waals surface area contributed by atoms with E-state index in [0.717, 1.165) is 0 Å². The molecule has 1 heteroatoms. The van der Waals surface area contributed by atoms with Crippen molar-refractivity contribution in [2.24, 2.45) is 0 Å². The largest absolute Gasteiger partial charge is 0.126 e. The first-order chi connectivity index (χ1) is 8.93. The SMILES string of the molecule is C1=CC(c2cccc3c2[cH-]c2ccccc23)C=C1.[Zr]. The predicted molar refractivity (Wildman–Crippen MR) is 78.1 cm³/mol. The van der Waals surface area contributed by atoms with Gasteiger partial charge in [-0.2, -0.15) is 0 Å². The molecule has 0 fully saturated rings. The molecule has 1 aliphatic carbocycles. The quantitative estimate of drug-likeness (QED) is 0.558. The fourth-order valence-electron chi connectivity index (χ4n) is 2.93. The molecular formula is C18H13Zr-. The van der Waals surface area contributed by atoms with E-state index >= 15 is 0 Å². The van der Waals surface area contributed by atoms with Crippen molar-refractivity contribution in [1.29, 1.82) is 0 Å². The van der Waals surface area contributed by atoms with Crippen molar-refractivity contribution in [3.63, 3.8) is 0 Å². The number of rotatable bonds is 1. The van der Waals surface area contributed by atoms with Gasteiger partial charge in [0.15, 0.2) is 0 Å². The van der Waals surface area contributed by atoms with Crippen LogP contribution in [0.1, 0.15) is 11.5 Å². The predicted octanol–water partition coefficient (Wildman–Crippen LogP) is 4.92. The van der Waals surface area contributed by atoms with Gasteiger partial charge in [-0.15, -0.1) is 33.7 Å². The van der Waals surface area contributed by atoms with Crippen LogP contribution in [0.5, 0.6) is 0 Å². The van der Waals surface area contributed by atoms with Gasteiger partial charge < -0.3 is 0 Å². The van der Waals surface area contributed by atoms with Crippen LogP contribution in [0.15, 0.2) is 72.8 Å². The zero-order chi connectivity index (χ0) is 11.9. The maximum atomic E-state index is 2.32. The van der Waals surface area contributed by atoms with Crippen LogP contribution in [0.2, 0.25) is 0 Å². The molecule has 0 radical (unpaired) electrons. The molecule has 3 aromatic carbocycles. The summed E-state index contributed by atoms with van der Waals surface area (Å²) in [5, 5.41) is 5.46. The molecule has 19 heavy (non-hydrogen) atoms. The van der Waals surface area contributed by atoms with Crippen molar-refractivity contribution in [3.05, 3.63) is 78.4 Å². The topological polar surface area (TPSA) is 0 Å². The van der Waals surface area contributed by atoms with Crippen molar-refractivity contribution >= 4 is 21.5 Å². The average molecular weight is 321 g/mol. The summed E-state index contributed by atoms with van der Waals surface area (Å²) in [6.45, 7) is 0. The fourth-order valence-corrected chi connectivity index (χ4v) is 2.93. The van der Waals surface area contributed by atoms with Gasteiger partial charge in [0.25, 0.3) is 0 Å². The molecule has 0 N–H and O–H groups in total. The van der Waals surface area contributed by atoms with Crippen LogP contribution in [-0.4, -0.2) is 0 Å². The van der Waals surface area contributed by atoms with Gasteiger partial charge in [0.2, 0.25) is 0 Å². The van der Waals surface area contributed by atoms with E-state index in [-0.39, 0.29) is 26.2 Å². The van der Waals surface area contributed by atoms with Crippen LogP contribution in [0.4, 0.5) is 0 Å². The zero-order valence-corrected chi connectivity index (χ0v) is 13.0. The number of fused-ring (bicyclic) bond motifs is 3. The third-order valence-electron chi connectivity index (χ3n) is 3.80. The second kappa shape index (κ2) is 4.98. The first-order valence-corrected chi connectivity index (χ1v) is 6.35. The van der Waals surface area contributed by atoms with E-state index in [2.05, 4.69) is 72.8 Å². The summed E-state index contributed by atoms with van der Waals surface area (Å²) in [7, 11) is 0. The maximum Gasteiger partial charge on any atom is 0 e. The van der Waals surface area contributed by atoms with Crippen LogP contribution < -0.4 is 0 Å². The molecule has 0 nitrogen and oxygen atoms in total. The van der Waals surface area contributed by atoms with E-state index in [1.165, 1.54) is 27.1 Å². The molecule has 0 saturated carbocycles. The smallest absolute Gasteiger partial charge is 0 e. The normalized spacial score (nSPS) is 14.3. The van der Waals surface area contributed by atoms with Gasteiger partial charge in [-0.3, -0.25) is 0 Å². The summed E-state index contributed by atoms with van der Waals surface area (Å²) in [4.78, 5) is 0. The Bertz CT molecular complexity index is 778. The van der Waals surface area contributed by atoms with Crippen LogP contribution >= 0.6 is 0 Å². The molecule has 0 aromatic heterocycles. The summed E-state index contributed by atoms with van der Waals surface area (Å²) >= 11 is 0. The molecule has 0 atom stereocenters. The molecule has 4 rings (SSSR count). The van der Waals surface area contributed by atoms with Crippen molar-refractivity contribution in [1.82, 2.24) is 0 Å². The number of hydrogen-bond donors (Lipinski definition) is 0. The Balaban J connectivity index is 0.00000110. The van der Waals surface area contributed by atoms with Crippen molar-refractivity contribution in [3.8, 4) is 0 Å². The first kappa shape index (κ1) is 12.7. The Kier molecular flexibility index (Phi) is 3.33. The first-order valence-electron chi connectivity index (χ1n) is 6.35. The molecule has 0 aliphatic heterocycles. The Morgan fingerprint density at radius 2 is 1.53 bits per heavy atom. The van der Waals surface area contributed by atoms with Gasteiger partial charge in [-0.05, 0) is 5.92 Å². The van der Waals surface area contributed by atoms with E-state index in [9.17, 15) is 0 Å². The van der Waals surface area contributed by atoms with Crippen LogP contribution in [-0.2, 0) is 26.2 Å². The molecule has 0 saturated heterocycles. The summed E-state index contributed by atoms with van der Waals surface area (Å²) in [5.41, 5.74) is 1.41. The Labute approximate surface area is 131 Å². The Hall–Kier alpha value is -1.33. The van der Waals surface area contributed by atoms with E-state index in [0.29, 0.717) is 5.92 Å².